The highest BCUT2D eigenvalue weighted by Crippen LogP contribution is 2.16. The number of benzene rings is 1. The minimum atomic E-state index is -0.219. The fraction of sp³-hybridized carbons (Fsp3) is 0.375. The standard InChI is InChI=1S/C16H21N5O2S/c1-11-5-6-12(2)13(7-11)18-14(22)8-20(3)15(23)9-24-16-19-17-10-21(16)4/h5-7,10H,8-9H2,1-4H3,(H,18,22). The number of rotatable bonds is 6. The van der Waals surface area contributed by atoms with Crippen molar-refractivity contribution in [3.8, 4) is 0 Å². The van der Waals surface area contributed by atoms with Gasteiger partial charge in [-0.3, -0.25) is 9.59 Å². The molecule has 0 aliphatic heterocycles. The van der Waals surface area contributed by atoms with Crippen LogP contribution in [0.4, 0.5) is 5.69 Å². The molecule has 0 saturated carbocycles. The summed E-state index contributed by atoms with van der Waals surface area (Å²) in [5, 5.41) is 11.2. The van der Waals surface area contributed by atoms with Gasteiger partial charge >= 0.3 is 0 Å². The topological polar surface area (TPSA) is 80.1 Å². The van der Waals surface area contributed by atoms with E-state index in [1.54, 1.807) is 17.9 Å². The monoisotopic (exact) mass is 347 g/mol. The number of carbonyl (C=O) groups excluding carboxylic acids is 2. The average Bonchev–Trinajstić information content (AvgIpc) is 2.93. The van der Waals surface area contributed by atoms with Gasteiger partial charge in [-0.15, -0.1) is 10.2 Å². The van der Waals surface area contributed by atoms with E-state index in [4.69, 9.17) is 0 Å². The van der Waals surface area contributed by atoms with Gasteiger partial charge < -0.3 is 14.8 Å². The third-order valence-corrected chi connectivity index (χ3v) is 4.49. The fourth-order valence-electron chi connectivity index (χ4n) is 2.00. The molecule has 0 aliphatic rings. The van der Waals surface area contributed by atoms with Gasteiger partial charge in [-0.25, -0.2) is 0 Å². The third kappa shape index (κ3) is 4.82. The summed E-state index contributed by atoms with van der Waals surface area (Å²) in [5.74, 6) is -0.151. The smallest absolute Gasteiger partial charge is 0.243 e. The zero-order chi connectivity index (χ0) is 17.7. The molecule has 1 N–H and O–H groups in total. The van der Waals surface area contributed by atoms with Crippen LogP contribution in [-0.4, -0.2) is 50.8 Å². The van der Waals surface area contributed by atoms with E-state index >= 15 is 0 Å². The molecule has 1 heterocycles. The van der Waals surface area contributed by atoms with Crippen molar-refractivity contribution in [1.82, 2.24) is 19.7 Å². The first kappa shape index (κ1) is 18.0. The van der Waals surface area contributed by atoms with Gasteiger partial charge in [-0.05, 0) is 31.0 Å². The Balaban J connectivity index is 1.85. The van der Waals surface area contributed by atoms with Crippen molar-refractivity contribution in [2.24, 2.45) is 7.05 Å². The molecule has 0 bridgehead atoms. The fourth-order valence-corrected chi connectivity index (χ4v) is 2.83. The first-order chi connectivity index (χ1) is 11.4. The molecule has 128 valence electrons. The number of nitrogens with one attached hydrogen (secondary N) is 1. The summed E-state index contributed by atoms with van der Waals surface area (Å²) in [4.78, 5) is 25.7. The maximum Gasteiger partial charge on any atom is 0.243 e. The number of aryl methyl sites for hydroxylation is 3. The molecule has 0 aliphatic carbocycles. The van der Waals surface area contributed by atoms with Crippen LogP contribution >= 0.6 is 11.8 Å². The summed E-state index contributed by atoms with van der Waals surface area (Å²) in [6.45, 7) is 3.90. The van der Waals surface area contributed by atoms with E-state index < -0.39 is 0 Å². The number of carbonyl (C=O) groups is 2. The molecule has 0 unspecified atom stereocenters. The van der Waals surface area contributed by atoms with E-state index in [9.17, 15) is 9.59 Å². The average molecular weight is 347 g/mol. The SMILES string of the molecule is Cc1ccc(C)c(NC(=O)CN(C)C(=O)CSc2nncn2C)c1. The number of hydrogen-bond acceptors (Lipinski definition) is 5. The van der Waals surface area contributed by atoms with E-state index in [0.29, 0.717) is 5.16 Å². The van der Waals surface area contributed by atoms with E-state index in [2.05, 4.69) is 15.5 Å². The normalized spacial score (nSPS) is 10.5. The highest BCUT2D eigenvalue weighted by molar-refractivity contribution is 7.99. The van der Waals surface area contributed by atoms with E-state index in [1.165, 1.54) is 16.7 Å². The lowest BCUT2D eigenvalue weighted by Crippen LogP contribution is -2.36. The molecule has 7 nitrogen and oxygen atoms in total. The molecule has 8 heteroatoms. The minimum Gasteiger partial charge on any atom is -0.336 e. The Bertz CT molecular complexity index is 744. The zero-order valence-corrected chi connectivity index (χ0v) is 15.1. The largest absolute Gasteiger partial charge is 0.336 e. The Morgan fingerprint density at radius 2 is 2.08 bits per heavy atom. The van der Waals surface area contributed by atoms with Gasteiger partial charge in [0, 0.05) is 19.8 Å². The molecule has 2 amide bonds. The van der Waals surface area contributed by atoms with Gasteiger partial charge in [-0.2, -0.15) is 0 Å². The lowest BCUT2D eigenvalue weighted by Gasteiger charge is -2.17. The molecule has 0 saturated heterocycles. The summed E-state index contributed by atoms with van der Waals surface area (Å²) in [6, 6.07) is 5.86. The van der Waals surface area contributed by atoms with E-state index in [1.807, 2.05) is 39.1 Å². The number of hydrogen-bond donors (Lipinski definition) is 1. The van der Waals surface area contributed by atoms with Crippen molar-refractivity contribution in [2.45, 2.75) is 19.0 Å². The van der Waals surface area contributed by atoms with Crippen molar-refractivity contribution in [2.75, 3.05) is 24.7 Å². The van der Waals surface area contributed by atoms with Crippen LogP contribution < -0.4 is 5.32 Å². The maximum atomic E-state index is 12.1. The van der Waals surface area contributed by atoms with Gasteiger partial charge in [0.05, 0.1) is 12.3 Å². The second-order valence-corrected chi connectivity index (χ2v) is 6.57. The lowest BCUT2D eigenvalue weighted by atomic mass is 10.1. The lowest BCUT2D eigenvalue weighted by molar-refractivity contribution is -0.131. The van der Waals surface area contributed by atoms with Crippen LogP contribution in [0.2, 0.25) is 0 Å². The molecule has 0 fully saturated rings. The molecular weight excluding hydrogens is 326 g/mol. The number of amides is 2. The summed E-state index contributed by atoms with van der Waals surface area (Å²) in [7, 11) is 3.43. The summed E-state index contributed by atoms with van der Waals surface area (Å²) in [6.07, 6.45) is 1.58. The molecule has 0 spiro atoms. The Kier molecular flexibility index (Phi) is 5.97. The molecule has 1 aromatic carbocycles. The maximum absolute atomic E-state index is 12.1. The highest BCUT2D eigenvalue weighted by Gasteiger charge is 2.15. The van der Waals surface area contributed by atoms with Crippen LogP contribution in [0.3, 0.4) is 0 Å². The first-order valence-corrected chi connectivity index (χ1v) is 8.43. The Labute approximate surface area is 145 Å². The van der Waals surface area contributed by atoms with Crippen LogP contribution in [0.5, 0.6) is 0 Å². The Hall–Kier alpha value is -2.35. The number of aromatic nitrogens is 3. The third-order valence-electron chi connectivity index (χ3n) is 3.47. The molecule has 24 heavy (non-hydrogen) atoms. The summed E-state index contributed by atoms with van der Waals surface area (Å²) < 4.78 is 1.74. The van der Waals surface area contributed by atoms with Gasteiger partial charge in [0.2, 0.25) is 11.8 Å². The highest BCUT2D eigenvalue weighted by atomic mass is 32.2. The molecule has 0 atom stereocenters. The zero-order valence-electron chi connectivity index (χ0n) is 14.2. The van der Waals surface area contributed by atoms with Crippen LogP contribution in [0, 0.1) is 13.8 Å². The van der Waals surface area contributed by atoms with Crippen molar-refractivity contribution in [1.29, 1.82) is 0 Å². The number of nitrogens with zero attached hydrogens (tertiary/aromatic N) is 4. The van der Waals surface area contributed by atoms with Crippen LogP contribution in [0.25, 0.3) is 0 Å². The molecule has 2 rings (SSSR count). The second kappa shape index (κ2) is 7.96. The van der Waals surface area contributed by atoms with Crippen LogP contribution in [-0.2, 0) is 16.6 Å². The Morgan fingerprint density at radius 1 is 1.33 bits per heavy atom. The number of anilines is 1. The Morgan fingerprint density at radius 3 is 2.75 bits per heavy atom. The molecule has 0 radical (unpaired) electrons. The second-order valence-electron chi connectivity index (χ2n) is 5.63. The number of thioether (sulfide) groups is 1. The van der Waals surface area contributed by atoms with Crippen LogP contribution in [0.15, 0.2) is 29.7 Å². The van der Waals surface area contributed by atoms with Crippen molar-refractivity contribution >= 4 is 29.3 Å². The van der Waals surface area contributed by atoms with E-state index in [0.717, 1.165) is 16.8 Å². The van der Waals surface area contributed by atoms with Gasteiger partial charge in [-0.1, -0.05) is 23.9 Å². The van der Waals surface area contributed by atoms with E-state index in [-0.39, 0.29) is 24.1 Å². The quantitative estimate of drug-likeness (QED) is 0.803. The predicted octanol–water partition coefficient (Wildman–Crippen LogP) is 1.62. The van der Waals surface area contributed by atoms with Gasteiger partial charge in [0.1, 0.15) is 6.33 Å². The summed E-state index contributed by atoms with van der Waals surface area (Å²) in [5.41, 5.74) is 2.83. The van der Waals surface area contributed by atoms with Gasteiger partial charge in [0.25, 0.3) is 0 Å². The van der Waals surface area contributed by atoms with Crippen molar-refractivity contribution in [3.63, 3.8) is 0 Å². The minimum absolute atomic E-state index is 0.00555. The van der Waals surface area contributed by atoms with Crippen LogP contribution in [0.1, 0.15) is 11.1 Å². The first-order valence-electron chi connectivity index (χ1n) is 7.44. The van der Waals surface area contributed by atoms with Gasteiger partial charge in [0.15, 0.2) is 5.16 Å². The number of likely N-dealkylation sites (N-methyl/N-ethyl adjacent to an activating group) is 1. The summed E-state index contributed by atoms with van der Waals surface area (Å²) >= 11 is 1.29. The predicted molar refractivity (Wildman–Crippen MR) is 93.9 cm³/mol. The molecule has 2 aromatic rings. The molecule has 1 aromatic heterocycles. The molecular formula is C16H21N5O2S. The van der Waals surface area contributed by atoms with Crippen molar-refractivity contribution in [3.05, 3.63) is 35.7 Å². The van der Waals surface area contributed by atoms with Crippen molar-refractivity contribution < 1.29 is 9.59 Å².